The Hall–Kier alpha value is -1.22. The number of hydrogen-bond donors (Lipinski definition) is 1. The lowest BCUT2D eigenvalue weighted by Crippen LogP contribution is -2.08. The summed E-state index contributed by atoms with van der Waals surface area (Å²) in [5.41, 5.74) is 6.72. The monoisotopic (exact) mass is 223 g/mol. The molecule has 0 unspecified atom stereocenters. The van der Waals surface area contributed by atoms with Crippen molar-refractivity contribution < 1.29 is 9.47 Å². The largest absolute Gasteiger partial charge is 0.490 e. The molecule has 1 aromatic carbocycles. The fourth-order valence-corrected chi connectivity index (χ4v) is 1.50. The summed E-state index contributed by atoms with van der Waals surface area (Å²) >= 11 is 0. The van der Waals surface area contributed by atoms with Crippen molar-refractivity contribution in [2.75, 3.05) is 13.2 Å². The summed E-state index contributed by atoms with van der Waals surface area (Å²) in [6.45, 7) is 7.27. The topological polar surface area (TPSA) is 44.5 Å². The molecule has 2 N–H and O–H groups in total. The summed E-state index contributed by atoms with van der Waals surface area (Å²) in [5.74, 6) is 1.61. The van der Waals surface area contributed by atoms with Gasteiger partial charge in [0.05, 0.1) is 12.7 Å². The number of benzene rings is 1. The molecule has 3 heteroatoms. The molecule has 0 amide bonds. The molecule has 0 radical (unpaired) electrons. The van der Waals surface area contributed by atoms with Crippen molar-refractivity contribution >= 4 is 0 Å². The molecule has 0 saturated carbocycles. The Morgan fingerprint density at radius 2 is 2.00 bits per heavy atom. The lowest BCUT2D eigenvalue weighted by atomic mass is 10.1. The van der Waals surface area contributed by atoms with E-state index in [4.69, 9.17) is 15.2 Å². The molecule has 90 valence electrons. The molecular weight excluding hydrogens is 202 g/mol. The van der Waals surface area contributed by atoms with Crippen molar-refractivity contribution in [3.05, 3.63) is 23.8 Å². The van der Waals surface area contributed by atoms with Crippen LogP contribution in [0, 0.1) is 0 Å². The second-order valence-electron chi connectivity index (χ2n) is 3.92. The summed E-state index contributed by atoms with van der Waals surface area (Å²) in [5, 5.41) is 0. The summed E-state index contributed by atoms with van der Waals surface area (Å²) in [6, 6.07) is 6.00. The van der Waals surface area contributed by atoms with Crippen LogP contribution >= 0.6 is 0 Å². The average Bonchev–Trinajstić information content (AvgIpc) is 2.22. The van der Waals surface area contributed by atoms with Crippen molar-refractivity contribution in [1.29, 1.82) is 0 Å². The van der Waals surface area contributed by atoms with Gasteiger partial charge in [-0.05, 0) is 51.4 Å². The molecule has 3 nitrogen and oxygen atoms in total. The van der Waals surface area contributed by atoms with Gasteiger partial charge in [0, 0.05) is 0 Å². The molecule has 0 bridgehead atoms. The lowest BCUT2D eigenvalue weighted by Gasteiger charge is -2.15. The van der Waals surface area contributed by atoms with Gasteiger partial charge in [0.15, 0.2) is 11.5 Å². The van der Waals surface area contributed by atoms with E-state index in [0.29, 0.717) is 13.2 Å². The lowest BCUT2D eigenvalue weighted by molar-refractivity contribution is 0.223. The summed E-state index contributed by atoms with van der Waals surface area (Å²) in [6.07, 6.45) is 1.01. The van der Waals surface area contributed by atoms with Crippen LogP contribution in [-0.2, 0) is 6.42 Å². The number of ether oxygens (including phenoxy) is 2. The van der Waals surface area contributed by atoms with E-state index >= 15 is 0 Å². The second kappa shape index (κ2) is 6.38. The molecule has 1 aromatic rings. The molecule has 0 heterocycles. The molecule has 0 atom stereocenters. The third-order valence-electron chi connectivity index (χ3n) is 2.10. The van der Waals surface area contributed by atoms with E-state index < -0.39 is 0 Å². The zero-order chi connectivity index (χ0) is 12.0. The predicted molar refractivity (Wildman–Crippen MR) is 66.1 cm³/mol. The molecule has 0 aromatic heterocycles. The van der Waals surface area contributed by atoms with Gasteiger partial charge in [-0.15, -0.1) is 0 Å². The van der Waals surface area contributed by atoms with E-state index in [1.807, 2.05) is 39.0 Å². The van der Waals surface area contributed by atoms with E-state index in [2.05, 4.69) is 0 Å². The predicted octanol–water partition coefficient (Wildman–Crippen LogP) is 2.37. The van der Waals surface area contributed by atoms with E-state index in [0.717, 1.165) is 17.9 Å². The van der Waals surface area contributed by atoms with Crippen LogP contribution in [0.5, 0.6) is 11.5 Å². The van der Waals surface area contributed by atoms with Gasteiger partial charge in [0.25, 0.3) is 0 Å². The molecule has 0 aliphatic carbocycles. The minimum absolute atomic E-state index is 0.146. The van der Waals surface area contributed by atoms with Gasteiger partial charge in [-0.25, -0.2) is 0 Å². The molecule has 0 fully saturated rings. The van der Waals surface area contributed by atoms with Gasteiger partial charge in [-0.2, -0.15) is 0 Å². The summed E-state index contributed by atoms with van der Waals surface area (Å²) < 4.78 is 11.2. The van der Waals surface area contributed by atoms with Crippen LogP contribution in [0.1, 0.15) is 26.3 Å². The number of rotatable bonds is 6. The van der Waals surface area contributed by atoms with Crippen molar-refractivity contribution in [1.82, 2.24) is 0 Å². The SMILES string of the molecule is CCOc1ccc(CCN)cc1OC(C)C. The molecule has 0 saturated heterocycles. The minimum Gasteiger partial charge on any atom is -0.490 e. The first-order valence-electron chi connectivity index (χ1n) is 5.79. The van der Waals surface area contributed by atoms with E-state index in [1.54, 1.807) is 0 Å². The maximum Gasteiger partial charge on any atom is 0.161 e. The molecule has 0 spiro atoms. The van der Waals surface area contributed by atoms with Gasteiger partial charge in [-0.1, -0.05) is 6.07 Å². The van der Waals surface area contributed by atoms with Crippen LogP contribution in [0.15, 0.2) is 18.2 Å². The van der Waals surface area contributed by atoms with Crippen molar-refractivity contribution in [2.45, 2.75) is 33.3 Å². The van der Waals surface area contributed by atoms with Crippen molar-refractivity contribution in [3.8, 4) is 11.5 Å². The maximum atomic E-state index is 5.72. The molecule has 1 rings (SSSR count). The Bertz CT molecular complexity index is 324. The van der Waals surface area contributed by atoms with Crippen LogP contribution in [0.3, 0.4) is 0 Å². The van der Waals surface area contributed by atoms with Crippen LogP contribution in [0.4, 0.5) is 0 Å². The first-order chi connectivity index (χ1) is 7.67. The Labute approximate surface area is 97.6 Å². The highest BCUT2D eigenvalue weighted by Gasteiger charge is 2.07. The third kappa shape index (κ3) is 3.74. The Morgan fingerprint density at radius 1 is 1.25 bits per heavy atom. The molecule has 0 aliphatic rings. The molecule has 0 aliphatic heterocycles. The van der Waals surface area contributed by atoms with Crippen LogP contribution < -0.4 is 15.2 Å². The van der Waals surface area contributed by atoms with Crippen molar-refractivity contribution in [3.63, 3.8) is 0 Å². The Balaban J connectivity index is 2.91. The average molecular weight is 223 g/mol. The van der Waals surface area contributed by atoms with E-state index in [-0.39, 0.29) is 6.10 Å². The summed E-state index contributed by atoms with van der Waals surface area (Å²) in [4.78, 5) is 0. The minimum atomic E-state index is 0.146. The highest BCUT2D eigenvalue weighted by atomic mass is 16.5. The smallest absolute Gasteiger partial charge is 0.161 e. The van der Waals surface area contributed by atoms with Crippen LogP contribution in [0.2, 0.25) is 0 Å². The highest BCUT2D eigenvalue weighted by molar-refractivity contribution is 5.43. The van der Waals surface area contributed by atoms with E-state index in [1.165, 1.54) is 5.56 Å². The number of hydrogen-bond acceptors (Lipinski definition) is 3. The standard InChI is InChI=1S/C13H21NO2/c1-4-15-12-6-5-11(7-8-14)9-13(12)16-10(2)3/h5-6,9-10H,4,7-8,14H2,1-3H3. The normalized spacial score (nSPS) is 10.6. The Kier molecular flexibility index (Phi) is 5.12. The van der Waals surface area contributed by atoms with Crippen molar-refractivity contribution in [2.24, 2.45) is 5.73 Å². The van der Waals surface area contributed by atoms with E-state index in [9.17, 15) is 0 Å². The first-order valence-corrected chi connectivity index (χ1v) is 5.79. The zero-order valence-electron chi connectivity index (χ0n) is 10.3. The van der Waals surface area contributed by atoms with Crippen LogP contribution in [-0.4, -0.2) is 19.3 Å². The quantitative estimate of drug-likeness (QED) is 0.805. The van der Waals surface area contributed by atoms with Gasteiger partial charge < -0.3 is 15.2 Å². The van der Waals surface area contributed by atoms with Gasteiger partial charge in [0.1, 0.15) is 0 Å². The van der Waals surface area contributed by atoms with Gasteiger partial charge >= 0.3 is 0 Å². The van der Waals surface area contributed by atoms with Gasteiger partial charge in [-0.3, -0.25) is 0 Å². The maximum absolute atomic E-state index is 5.72. The number of nitrogens with two attached hydrogens (primary N) is 1. The third-order valence-corrected chi connectivity index (χ3v) is 2.10. The highest BCUT2D eigenvalue weighted by Crippen LogP contribution is 2.29. The molecular formula is C13H21NO2. The van der Waals surface area contributed by atoms with Gasteiger partial charge in [0.2, 0.25) is 0 Å². The van der Waals surface area contributed by atoms with Crippen LogP contribution in [0.25, 0.3) is 0 Å². The summed E-state index contributed by atoms with van der Waals surface area (Å²) in [7, 11) is 0. The fourth-order valence-electron chi connectivity index (χ4n) is 1.50. The second-order valence-corrected chi connectivity index (χ2v) is 3.92. The zero-order valence-corrected chi connectivity index (χ0v) is 10.3. The fraction of sp³-hybridized carbons (Fsp3) is 0.538. The first kappa shape index (κ1) is 12.8. The Morgan fingerprint density at radius 3 is 2.56 bits per heavy atom. The molecule has 16 heavy (non-hydrogen) atoms.